The van der Waals surface area contributed by atoms with E-state index in [9.17, 15) is 0 Å². The van der Waals surface area contributed by atoms with E-state index in [1.54, 1.807) is 11.3 Å². The van der Waals surface area contributed by atoms with Crippen molar-refractivity contribution >= 4 is 38.9 Å². The van der Waals surface area contributed by atoms with E-state index in [0.29, 0.717) is 6.04 Å². The standard InChI is InChI=1S/C18H24N4OS2/c24-18(19-7-9-21-10-12-23-13-11-21)22-8-3-5-15(22)17-20-14-4-1-2-6-16(14)25-17/h1-2,4,6,15H,3,5,7-13H2,(H,19,24)/t15-/m0/s1. The van der Waals surface area contributed by atoms with Gasteiger partial charge >= 0.3 is 0 Å². The first-order valence-electron chi connectivity index (χ1n) is 9.01. The molecule has 1 N–H and O–H groups in total. The van der Waals surface area contributed by atoms with E-state index < -0.39 is 0 Å². The number of para-hydroxylation sites is 1. The minimum Gasteiger partial charge on any atom is -0.379 e. The number of aromatic nitrogens is 1. The Hall–Kier alpha value is -1.28. The largest absolute Gasteiger partial charge is 0.379 e. The number of morpholine rings is 1. The highest BCUT2D eigenvalue weighted by atomic mass is 32.1. The fourth-order valence-corrected chi connectivity index (χ4v) is 4.98. The Morgan fingerprint density at radius 2 is 2.12 bits per heavy atom. The highest BCUT2D eigenvalue weighted by Gasteiger charge is 2.30. The monoisotopic (exact) mass is 376 g/mol. The summed E-state index contributed by atoms with van der Waals surface area (Å²) in [5.74, 6) is 0. The van der Waals surface area contributed by atoms with E-state index >= 15 is 0 Å². The van der Waals surface area contributed by atoms with Gasteiger partial charge in [0.25, 0.3) is 0 Å². The number of rotatable bonds is 4. The molecule has 0 radical (unpaired) electrons. The normalized spacial score (nSPS) is 21.8. The summed E-state index contributed by atoms with van der Waals surface area (Å²) in [4.78, 5) is 9.60. The van der Waals surface area contributed by atoms with E-state index in [0.717, 1.165) is 63.0 Å². The number of ether oxygens (including phenoxy) is 1. The van der Waals surface area contributed by atoms with Crippen molar-refractivity contribution in [3.05, 3.63) is 29.3 Å². The first-order chi connectivity index (χ1) is 12.3. The lowest BCUT2D eigenvalue weighted by Crippen LogP contribution is -2.44. The third-order valence-electron chi connectivity index (χ3n) is 4.92. The van der Waals surface area contributed by atoms with Crippen LogP contribution in [0.4, 0.5) is 0 Å². The van der Waals surface area contributed by atoms with E-state index in [2.05, 4.69) is 39.4 Å². The highest BCUT2D eigenvalue weighted by molar-refractivity contribution is 7.80. The van der Waals surface area contributed by atoms with Crippen LogP contribution in [-0.2, 0) is 4.74 Å². The maximum absolute atomic E-state index is 5.69. The number of nitrogens with one attached hydrogen (secondary N) is 1. The van der Waals surface area contributed by atoms with Crippen LogP contribution in [0.3, 0.4) is 0 Å². The summed E-state index contributed by atoms with van der Waals surface area (Å²) in [6.07, 6.45) is 2.30. The molecular formula is C18H24N4OS2. The molecule has 1 atom stereocenters. The van der Waals surface area contributed by atoms with Crippen molar-refractivity contribution in [2.24, 2.45) is 0 Å². The van der Waals surface area contributed by atoms with Gasteiger partial charge in [0.15, 0.2) is 5.11 Å². The lowest BCUT2D eigenvalue weighted by Gasteiger charge is -2.29. The van der Waals surface area contributed by atoms with Crippen molar-refractivity contribution < 1.29 is 4.74 Å². The van der Waals surface area contributed by atoms with Gasteiger partial charge in [-0.05, 0) is 37.2 Å². The summed E-state index contributed by atoms with van der Waals surface area (Å²) in [5.41, 5.74) is 1.10. The molecule has 0 aliphatic carbocycles. The lowest BCUT2D eigenvalue weighted by molar-refractivity contribution is 0.0388. The predicted molar refractivity (Wildman–Crippen MR) is 106 cm³/mol. The molecule has 0 saturated carbocycles. The van der Waals surface area contributed by atoms with Crippen LogP contribution >= 0.6 is 23.6 Å². The van der Waals surface area contributed by atoms with Gasteiger partial charge in [0.2, 0.25) is 0 Å². The average Bonchev–Trinajstić information content (AvgIpc) is 3.29. The zero-order valence-corrected chi connectivity index (χ0v) is 16.0. The van der Waals surface area contributed by atoms with Gasteiger partial charge in [-0.15, -0.1) is 11.3 Å². The smallest absolute Gasteiger partial charge is 0.169 e. The average molecular weight is 377 g/mol. The first kappa shape index (κ1) is 17.1. The molecule has 7 heteroatoms. The van der Waals surface area contributed by atoms with Crippen LogP contribution in [-0.4, -0.2) is 65.8 Å². The second-order valence-corrected chi connectivity index (χ2v) is 8.01. The van der Waals surface area contributed by atoms with Gasteiger partial charge in [0, 0.05) is 32.7 Å². The van der Waals surface area contributed by atoms with Gasteiger partial charge in [-0.1, -0.05) is 12.1 Å². The molecule has 0 spiro atoms. The van der Waals surface area contributed by atoms with Gasteiger partial charge in [-0.2, -0.15) is 0 Å². The molecule has 2 saturated heterocycles. The van der Waals surface area contributed by atoms with Crippen molar-refractivity contribution in [2.45, 2.75) is 18.9 Å². The Morgan fingerprint density at radius 1 is 1.28 bits per heavy atom. The quantitative estimate of drug-likeness (QED) is 0.828. The third-order valence-corrected chi connectivity index (χ3v) is 6.43. The molecule has 4 rings (SSSR count). The molecule has 3 heterocycles. The summed E-state index contributed by atoms with van der Waals surface area (Å²) in [6.45, 7) is 6.65. The van der Waals surface area contributed by atoms with Crippen LogP contribution in [0.2, 0.25) is 0 Å². The molecule has 1 aromatic heterocycles. The van der Waals surface area contributed by atoms with Crippen LogP contribution in [0.15, 0.2) is 24.3 Å². The van der Waals surface area contributed by atoms with E-state index in [-0.39, 0.29) is 0 Å². The number of nitrogens with zero attached hydrogens (tertiary/aromatic N) is 3. The van der Waals surface area contributed by atoms with Gasteiger partial charge in [0.1, 0.15) is 5.01 Å². The Morgan fingerprint density at radius 3 is 2.96 bits per heavy atom. The van der Waals surface area contributed by atoms with Gasteiger partial charge < -0.3 is 15.0 Å². The molecule has 1 aromatic carbocycles. The number of fused-ring (bicyclic) bond motifs is 1. The molecule has 2 aliphatic rings. The SMILES string of the molecule is S=C(NCCN1CCOCC1)N1CCC[C@H]1c1nc2ccccc2s1. The maximum Gasteiger partial charge on any atom is 0.169 e. The zero-order chi connectivity index (χ0) is 17.1. The van der Waals surface area contributed by atoms with Crippen molar-refractivity contribution in [1.82, 2.24) is 20.1 Å². The molecule has 0 unspecified atom stereocenters. The van der Waals surface area contributed by atoms with Crippen molar-refractivity contribution in [3.8, 4) is 0 Å². The molecule has 134 valence electrons. The van der Waals surface area contributed by atoms with Gasteiger partial charge in [0.05, 0.1) is 29.5 Å². The number of hydrogen-bond donors (Lipinski definition) is 1. The van der Waals surface area contributed by atoms with Gasteiger partial charge in [-0.3, -0.25) is 4.90 Å². The topological polar surface area (TPSA) is 40.6 Å². The summed E-state index contributed by atoms with van der Waals surface area (Å²) in [6, 6.07) is 8.69. The van der Waals surface area contributed by atoms with Crippen LogP contribution < -0.4 is 5.32 Å². The highest BCUT2D eigenvalue weighted by Crippen LogP contribution is 2.36. The fourth-order valence-electron chi connectivity index (χ4n) is 3.55. The molecule has 2 aliphatic heterocycles. The second kappa shape index (κ2) is 7.95. The maximum atomic E-state index is 5.69. The Bertz CT molecular complexity index is 696. The van der Waals surface area contributed by atoms with Crippen LogP contribution in [0.25, 0.3) is 10.2 Å². The molecule has 0 amide bonds. The Kier molecular flexibility index (Phi) is 5.45. The van der Waals surface area contributed by atoms with Crippen molar-refractivity contribution in [1.29, 1.82) is 0 Å². The number of thiocarbonyl (C=S) groups is 1. The Labute approximate surface area is 158 Å². The third kappa shape index (κ3) is 3.95. The summed E-state index contributed by atoms with van der Waals surface area (Å²) < 4.78 is 6.65. The molecule has 0 bridgehead atoms. The molecule has 2 aromatic rings. The minimum absolute atomic E-state index is 0.320. The number of thiazole rings is 1. The molecule has 2 fully saturated rings. The van der Waals surface area contributed by atoms with Crippen molar-refractivity contribution in [3.63, 3.8) is 0 Å². The molecule has 25 heavy (non-hydrogen) atoms. The van der Waals surface area contributed by atoms with Crippen LogP contribution in [0.5, 0.6) is 0 Å². The molecular weight excluding hydrogens is 352 g/mol. The van der Waals surface area contributed by atoms with Crippen molar-refractivity contribution in [2.75, 3.05) is 45.9 Å². The second-order valence-electron chi connectivity index (χ2n) is 6.56. The van der Waals surface area contributed by atoms with E-state index in [4.69, 9.17) is 21.9 Å². The summed E-state index contributed by atoms with van der Waals surface area (Å²) in [7, 11) is 0. The van der Waals surface area contributed by atoms with Crippen LogP contribution in [0, 0.1) is 0 Å². The summed E-state index contributed by atoms with van der Waals surface area (Å²) >= 11 is 7.49. The molecule has 5 nitrogen and oxygen atoms in total. The Balaban J connectivity index is 1.36. The van der Waals surface area contributed by atoms with E-state index in [1.165, 1.54) is 16.1 Å². The first-order valence-corrected chi connectivity index (χ1v) is 10.2. The zero-order valence-electron chi connectivity index (χ0n) is 14.3. The van der Waals surface area contributed by atoms with Gasteiger partial charge in [-0.25, -0.2) is 4.98 Å². The van der Waals surface area contributed by atoms with E-state index in [1.807, 2.05) is 0 Å². The summed E-state index contributed by atoms with van der Waals surface area (Å²) in [5, 5.41) is 5.52. The van der Waals surface area contributed by atoms with Crippen LogP contribution in [0.1, 0.15) is 23.9 Å². The predicted octanol–water partition coefficient (Wildman–Crippen LogP) is 2.64. The lowest BCUT2D eigenvalue weighted by atomic mass is 10.2. The number of hydrogen-bond acceptors (Lipinski definition) is 5. The number of benzene rings is 1. The fraction of sp³-hybridized carbons (Fsp3) is 0.556. The number of likely N-dealkylation sites (tertiary alicyclic amines) is 1. The minimum atomic E-state index is 0.320.